The van der Waals surface area contributed by atoms with Crippen molar-refractivity contribution >= 4 is 33.4 Å². The summed E-state index contributed by atoms with van der Waals surface area (Å²) in [6, 6.07) is 20.0. The predicted molar refractivity (Wildman–Crippen MR) is 94.2 cm³/mol. The van der Waals surface area contributed by atoms with E-state index in [2.05, 4.69) is 91.0 Å². The van der Waals surface area contributed by atoms with Crippen LogP contribution >= 0.6 is 22.6 Å². The van der Waals surface area contributed by atoms with E-state index in [0.29, 0.717) is 0 Å². The van der Waals surface area contributed by atoms with Crippen LogP contribution in [0.2, 0.25) is 0 Å². The first-order valence-electron chi connectivity index (χ1n) is 6.92. The molecule has 0 bridgehead atoms. The first kappa shape index (κ1) is 12.4. The molecule has 1 aliphatic rings. The molecular weight excluding hydrogens is 355 g/mol. The molecule has 0 heterocycles. The minimum absolute atomic E-state index is 0.0963. The summed E-state index contributed by atoms with van der Waals surface area (Å²) in [4.78, 5) is 0. The molecule has 1 heteroatoms. The van der Waals surface area contributed by atoms with E-state index in [1.807, 2.05) is 0 Å². The summed E-state index contributed by atoms with van der Waals surface area (Å²) in [5.41, 5.74) is 5.84. The largest absolute Gasteiger partial charge is 0.0619 e. The Morgan fingerprint density at radius 3 is 2.45 bits per heavy atom. The van der Waals surface area contributed by atoms with Crippen LogP contribution in [0.15, 0.2) is 54.6 Å². The molecule has 98 valence electrons. The zero-order valence-corrected chi connectivity index (χ0v) is 13.7. The maximum Gasteiger partial charge on any atom is 0.0215 e. The molecule has 0 saturated heterocycles. The summed E-state index contributed by atoms with van der Waals surface area (Å²) in [7, 11) is 0. The van der Waals surface area contributed by atoms with Gasteiger partial charge in [-0.25, -0.2) is 0 Å². The highest BCUT2D eigenvalue weighted by atomic mass is 127. The molecule has 0 nitrogen and oxygen atoms in total. The minimum atomic E-state index is 0.0963. The van der Waals surface area contributed by atoms with Gasteiger partial charge in [0, 0.05) is 14.4 Å². The van der Waals surface area contributed by atoms with Crippen LogP contribution in [0.5, 0.6) is 0 Å². The highest BCUT2D eigenvalue weighted by Crippen LogP contribution is 2.51. The Morgan fingerprint density at radius 2 is 1.60 bits per heavy atom. The van der Waals surface area contributed by atoms with Crippen molar-refractivity contribution < 1.29 is 0 Å². The van der Waals surface area contributed by atoms with Gasteiger partial charge >= 0.3 is 0 Å². The zero-order chi connectivity index (χ0) is 13.9. The lowest BCUT2D eigenvalue weighted by Gasteiger charge is -2.21. The molecule has 3 aromatic rings. The van der Waals surface area contributed by atoms with Gasteiger partial charge in [0.15, 0.2) is 0 Å². The summed E-state index contributed by atoms with van der Waals surface area (Å²) in [6.07, 6.45) is 0. The molecule has 20 heavy (non-hydrogen) atoms. The van der Waals surface area contributed by atoms with Crippen LogP contribution in [-0.2, 0) is 5.41 Å². The van der Waals surface area contributed by atoms with Gasteiger partial charge in [-0.05, 0) is 56.3 Å². The van der Waals surface area contributed by atoms with Crippen molar-refractivity contribution in [2.24, 2.45) is 0 Å². The van der Waals surface area contributed by atoms with Crippen LogP contribution in [-0.4, -0.2) is 0 Å². The van der Waals surface area contributed by atoms with E-state index in [0.717, 1.165) is 0 Å². The summed E-state index contributed by atoms with van der Waals surface area (Å²) < 4.78 is 1.34. The molecule has 0 spiro atoms. The molecule has 4 rings (SSSR count). The standard InChI is InChI=1S/C19H15I/c1-19(2)14-8-4-3-7-13(14)18-15(19)11-10-12-6-5-9-16(20)17(12)18/h3-11H,1-2H3. The average molecular weight is 370 g/mol. The van der Waals surface area contributed by atoms with Crippen molar-refractivity contribution in [2.75, 3.05) is 0 Å². The third kappa shape index (κ3) is 1.47. The second-order valence-corrected chi connectivity index (χ2v) is 7.16. The average Bonchev–Trinajstić information content (AvgIpc) is 2.68. The van der Waals surface area contributed by atoms with Crippen LogP contribution < -0.4 is 0 Å². The third-order valence-corrected chi connectivity index (χ3v) is 5.44. The van der Waals surface area contributed by atoms with E-state index in [1.54, 1.807) is 0 Å². The molecule has 3 aromatic carbocycles. The van der Waals surface area contributed by atoms with Gasteiger partial charge in [-0.15, -0.1) is 0 Å². The number of halogens is 1. The lowest BCUT2D eigenvalue weighted by atomic mass is 9.82. The molecule has 0 radical (unpaired) electrons. The van der Waals surface area contributed by atoms with Crippen molar-refractivity contribution in [3.8, 4) is 11.1 Å². The topological polar surface area (TPSA) is 0 Å². The molecule has 0 fully saturated rings. The maximum atomic E-state index is 2.46. The smallest absolute Gasteiger partial charge is 0.0215 e. The number of fused-ring (bicyclic) bond motifs is 5. The van der Waals surface area contributed by atoms with Gasteiger partial charge in [0.1, 0.15) is 0 Å². The quantitative estimate of drug-likeness (QED) is 0.442. The van der Waals surface area contributed by atoms with E-state index in [4.69, 9.17) is 0 Å². The van der Waals surface area contributed by atoms with Gasteiger partial charge in [-0.1, -0.05) is 62.4 Å². The monoisotopic (exact) mass is 370 g/mol. The van der Waals surface area contributed by atoms with Crippen LogP contribution in [0.3, 0.4) is 0 Å². The number of hydrogen-bond acceptors (Lipinski definition) is 0. The lowest BCUT2D eigenvalue weighted by Crippen LogP contribution is -2.14. The van der Waals surface area contributed by atoms with Crippen molar-refractivity contribution in [1.82, 2.24) is 0 Å². The second kappa shape index (κ2) is 4.08. The van der Waals surface area contributed by atoms with E-state index < -0.39 is 0 Å². The van der Waals surface area contributed by atoms with Gasteiger partial charge in [0.05, 0.1) is 0 Å². The number of benzene rings is 3. The van der Waals surface area contributed by atoms with Crippen LogP contribution in [0.25, 0.3) is 21.9 Å². The summed E-state index contributed by atoms with van der Waals surface area (Å²) in [6.45, 7) is 4.67. The highest BCUT2D eigenvalue weighted by molar-refractivity contribution is 14.1. The molecule has 0 N–H and O–H groups in total. The third-order valence-electron chi connectivity index (χ3n) is 4.54. The number of hydrogen-bond donors (Lipinski definition) is 0. The van der Waals surface area contributed by atoms with E-state index in [9.17, 15) is 0 Å². The fraction of sp³-hybridized carbons (Fsp3) is 0.158. The van der Waals surface area contributed by atoms with E-state index in [1.165, 1.54) is 36.6 Å². The van der Waals surface area contributed by atoms with Crippen molar-refractivity contribution in [2.45, 2.75) is 19.3 Å². The molecule has 0 atom stereocenters. The zero-order valence-electron chi connectivity index (χ0n) is 11.6. The van der Waals surface area contributed by atoms with E-state index in [-0.39, 0.29) is 5.41 Å². The lowest BCUT2D eigenvalue weighted by molar-refractivity contribution is 0.661. The Morgan fingerprint density at radius 1 is 0.800 bits per heavy atom. The Labute approximate surface area is 133 Å². The van der Waals surface area contributed by atoms with Crippen molar-refractivity contribution in [3.63, 3.8) is 0 Å². The first-order valence-corrected chi connectivity index (χ1v) is 8.00. The summed E-state index contributed by atoms with van der Waals surface area (Å²) in [5, 5.41) is 2.74. The van der Waals surface area contributed by atoms with Gasteiger partial charge < -0.3 is 0 Å². The SMILES string of the molecule is CC1(C)c2ccccc2-c2c1ccc1cccc(I)c21. The normalized spacial score (nSPS) is 15.2. The minimum Gasteiger partial charge on any atom is -0.0619 e. The van der Waals surface area contributed by atoms with E-state index >= 15 is 0 Å². The van der Waals surface area contributed by atoms with Crippen molar-refractivity contribution in [3.05, 3.63) is 69.3 Å². The predicted octanol–water partition coefficient (Wildman–Crippen LogP) is 5.75. The Bertz CT molecular complexity index is 844. The first-order chi connectivity index (χ1) is 9.60. The van der Waals surface area contributed by atoms with Crippen LogP contribution in [0, 0.1) is 3.57 Å². The Balaban J connectivity index is 2.25. The number of rotatable bonds is 0. The van der Waals surface area contributed by atoms with Gasteiger partial charge in [-0.3, -0.25) is 0 Å². The maximum absolute atomic E-state index is 2.46. The van der Waals surface area contributed by atoms with Crippen LogP contribution in [0.1, 0.15) is 25.0 Å². The molecule has 0 unspecified atom stereocenters. The molecule has 0 aliphatic heterocycles. The Hall–Kier alpha value is -1.35. The Kier molecular flexibility index (Phi) is 2.53. The molecule has 0 aromatic heterocycles. The summed E-state index contributed by atoms with van der Waals surface area (Å²) in [5.74, 6) is 0. The van der Waals surface area contributed by atoms with Gasteiger partial charge in [-0.2, -0.15) is 0 Å². The van der Waals surface area contributed by atoms with Gasteiger partial charge in [0.25, 0.3) is 0 Å². The summed E-state index contributed by atoms with van der Waals surface area (Å²) >= 11 is 2.46. The second-order valence-electron chi connectivity index (χ2n) is 6.00. The fourth-order valence-corrected chi connectivity index (χ4v) is 4.32. The highest BCUT2D eigenvalue weighted by Gasteiger charge is 2.36. The fourth-order valence-electron chi connectivity index (χ4n) is 3.53. The molecule has 0 amide bonds. The van der Waals surface area contributed by atoms with Gasteiger partial charge in [0.2, 0.25) is 0 Å². The molecular formula is C19H15I. The van der Waals surface area contributed by atoms with Crippen LogP contribution in [0.4, 0.5) is 0 Å². The molecule has 0 saturated carbocycles. The molecule has 1 aliphatic carbocycles. The van der Waals surface area contributed by atoms with Crippen molar-refractivity contribution in [1.29, 1.82) is 0 Å².